The van der Waals surface area contributed by atoms with Crippen molar-refractivity contribution in [2.45, 2.75) is 37.7 Å². The maximum Gasteiger partial charge on any atom is 0.259 e. The van der Waals surface area contributed by atoms with Crippen molar-refractivity contribution in [2.75, 3.05) is 5.32 Å². The van der Waals surface area contributed by atoms with E-state index in [2.05, 4.69) is 17.4 Å². The zero-order valence-corrected chi connectivity index (χ0v) is 18.4. The van der Waals surface area contributed by atoms with E-state index in [-0.39, 0.29) is 23.3 Å². The van der Waals surface area contributed by atoms with E-state index in [0.717, 1.165) is 25.7 Å². The van der Waals surface area contributed by atoms with E-state index >= 15 is 0 Å². The first-order valence-corrected chi connectivity index (χ1v) is 11.1. The summed E-state index contributed by atoms with van der Waals surface area (Å²) in [5, 5.41) is 13.7. The highest BCUT2D eigenvalue weighted by molar-refractivity contribution is 6.31. The van der Waals surface area contributed by atoms with Crippen molar-refractivity contribution in [1.82, 2.24) is 0 Å². The van der Waals surface area contributed by atoms with Gasteiger partial charge in [0.25, 0.3) is 5.91 Å². The van der Waals surface area contributed by atoms with Crippen LogP contribution in [0.4, 0.5) is 5.69 Å². The van der Waals surface area contributed by atoms with Crippen LogP contribution in [-0.4, -0.2) is 17.1 Å². The molecule has 3 aromatic carbocycles. The number of aromatic hydroxyl groups is 1. The van der Waals surface area contributed by atoms with E-state index in [0.29, 0.717) is 21.5 Å². The summed E-state index contributed by atoms with van der Waals surface area (Å²) in [6.07, 6.45) is 4.25. The summed E-state index contributed by atoms with van der Waals surface area (Å²) in [7, 11) is 0. The van der Waals surface area contributed by atoms with Crippen molar-refractivity contribution in [2.24, 2.45) is 0 Å². The number of carbonyl (C=O) groups excluding carboxylic acids is 1. The maximum atomic E-state index is 12.8. The molecular weight excluding hydrogens is 433 g/mol. The van der Waals surface area contributed by atoms with E-state index in [1.807, 2.05) is 18.2 Å². The monoisotopic (exact) mass is 455 g/mol. The first-order valence-electron chi connectivity index (χ1n) is 10.3. The van der Waals surface area contributed by atoms with E-state index in [1.54, 1.807) is 18.2 Å². The number of phenols is 1. The van der Waals surface area contributed by atoms with Gasteiger partial charge in [-0.2, -0.15) is 0 Å². The molecule has 0 bridgehead atoms. The molecule has 160 valence electrons. The summed E-state index contributed by atoms with van der Waals surface area (Å²) in [6.45, 7) is 0. The third-order valence-electron chi connectivity index (χ3n) is 5.60. The van der Waals surface area contributed by atoms with Gasteiger partial charge in [0.15, 0.2) is 0 Å². The van der Waals surface area contributed by atoms with Crippen molar-refractivity contribution < 1.29 is 14.6 Å². The Morgan fingerprint density at radius 1 is 0.935 bits per heavy atom. The second-order valence-electron chi connectivity index (χ2n) is 7.71. The van der Waals surface area contributed by atoms with Gasteiger partial charge in [-0.15, -0.1) is 0 Å². The molecule has 1 amide bonds. The third-order valence-corrected chi connectivity index (χ3v) is 6.07. The lowest BCUT2D eigenvalue weighted by Gasteiger charge is -2.33. The minimum atomic E-state index is -0.490. The largest absolute Gasteiger partial charge is 0.507 e. The number of phenolic OH excluding ortho intramolecular Hbond substituents is 1. The Bertz CT molecular complexity index is 1070. The number of hydrogen-bond acceptors (Lipinski definition) is 3. The van der Waals surface area contributed by atoms with Crippen LogP contribution in [0.15, 0.2) is 66.7 Å². The van der Waals surface area contributed by atoms with E-state index in [4.69, 9.17) is 27.9 Å². The molecule has 2 N–H and O–H groups in total. The topological polar surface area (TPSA) is 58.6 Å². The molecule has 1 fully saturated rings. The van der Waals surface area contributed by atoms with Gasteiger partial charge >= 0.3 is 0 Å². The lowest BCUT2D eigenvalue weighted by atomic mass is 9.81. The number of amides is 1. The summed E-state index contributed by atoms with van der Waals surface area (Å²) < 4.78 is 6.44. The van der Waals surface area contributed by atoms with Crippen LogP contribution in [0, 0.1) is 0 Å². The summed E-state index contributed by atoms with van der Waals surface area (Å²) in [6, 6.07) is 19.9. The lowest BCUT2D eigenvalue weighted by Crippen LogP contribution is -2.29. The van der Waals surface area contributed by atoms with Crippen molar-refractivity contribution >= 4 is 34.8 Å². The quantitative estimate of drug-likeness (QED) is 0.432. The minimum Gasteiger partial charge on any atom is -0.507 e. The highest BCUT2D eigenvalue weighted by Gasteiger charge is 2.29. The Balaban J connectivity index is 1.59. The molecule has 31 heavy (non-hydrogen) atoms. The van der Waals surface area contributed by atoms with Gasteiger partial charge in [-0.3, -0.25) is 4.79 Å². The number of carbonyl (C=O) groups is 1. The molecule has 6 heteroatoms. The van der Waals surface area contributed by atoms with Crippen LogP contribution in [0.3, 0.4) is 0 Å². The van der Waals surface area contributed by atoms with Gasteiger partial charge in [0.1, 0.15) is 17.6 Å². The van der Waals surface area contributed by atoms with Gasteiger partial charge in [0.2, 0.25) is 0 Å². The molecule has 1 saturated carbocycles. The molecule has 1 aliphatic rings. The van der Waals surface area contributed by atoms with Gasteiger partial charge in [-0.05, 0) is 61.2 Å². The Labute approximate surface area is 191 Å². The van der Waals surface area contributed by atoms with Crippen LogP contribution in [0.1, 0.15) is 47.5 Å². The highest BCUT2D eigenvalue weighted by atomic mass is 35.5. The van der Waals surface area contributed by atoms with Crippen molar-refractivity contribution in [1.29, 1.82) is 0 Å². The zero-order valence-electron chi connectivity index (χ0n) is 16.9. The predicted octanol–water partition coefficient (Wildman–Crippen LogP) is 7.06. The first kappa shape index (κ1) is 21.5. The molecule has 4 nitrogen and oxygen atoms in total. The molecule has 2 atom stereocenters. The highest BCUT2D eigenvalue weighted by Crippen LogP contribution is 2.38. The van der Waals surface area contributed by atoms with Crippen molar-refractivity contribution in [3.05, 3.63) is 87.9 Å². The Hall–Kier alpha value is -2.69. The van der Waals surface area contributed by atoms with Gasteiger partial charge in [0, 0.05) is 16.0 Å². The number of benzene rings is 3. The van der Waals surface area contributed by atoms with Gasteiger partial charge in [-0.25, -0.2) is 0 Å². The molecule has 0 radical (unpaired) electrons. The van der Waals surface area contributed by atoms with Crippen molar-refractivity contribution in [3.63, 3.8) is 0 Å². The molecular formula is C25H23Cl2NO3. The lowest BCUT2D eigenvalue weighted by molar-refractivity contribution is 0.102. The van der Waals surface area contributed by atoms with Crippen LogP contribution in [0.5, 0.6) is 11.5 Å². The number of hydrogen-bond donors (Lipinski definition) is 2. The van der Waals surface area contributed by atoms with E-state index in [9.17, 15) is 9.90 Å². The van der Waals surface area contributed by atoms with Crippen LogP contribution >= 0.6 is 23.2 Å². The minimum absolute atomic E-state index is 0.00690. The molecule has 0 aromatic heterocycles. The smallest absolute Gasteiger partial charge is 0.259 e. The fourth-order valence-electron chi connectivity index (χ4n) is 4.06. The molecule has 3 aromatic rings. The normalized spacial score (nSPS) is 18.4. The number of ether oxygens (including phenoxy) is 1. The second-order valence-corrected chi connectivity index (χ2v) is 8.59. The summed E-state index contributed by atoms with van der Waals surface area (Å²) >= 11 is 12.2. The van der Waals surface area contributed by atoms with Gasteiger partial charge in [0.05, 0.1) is 11.3 Å². The fraction of sp³-hybridized carbons (Fsp3) is 0.240. The van der Waals surface area contributed by atoms with Crippen LogP contribution in [0.2, 0.25) is 10.0 Å². The molecule has 4 rings (SSSR count). The van der Waals surface area contributed by atoms with Crippen LogP contribution in [-0.2, 0) is 0 Å². The van der Waals surface area contributed by atoms with E-state index < -0.39 is 5.91 Å². The number of anilines is 1. The Morgan fingerprint density at radius 2 is 1.65 bits per heavy atom. The molecule has 0 unspecified atom stereocenters. The standard InChI is InChI=1S/C25H23Cl2NO3/c26-17-10-12-22(29)20(14-17)25(30)28-21-15-18(27)11-13-24(21)31-23-9-5-4-8-19(23)16-6-2-1-3-7-16/h1-3,6-7,10-15,19,23,29H,4-5,8-9H2,(H,28,30)/t19-,23+/m0/s1. The first-order chi connectivity index (χ1) is 15.0. The predicted molar refractivity (Wildman–Crippen MR) is 125 cm³/mol. The molecule has 0 heterocycles. The number of rotatable bonds is 5. The second kappa shape index (κ2) is 9.63. The molecule has 0 saturated heterocycles. The average molecular weight is 456 g/mol. The SMILES string of the molecule is O=C(Nc1cc(Cl)ccc1O[C@@H]1CCCC[C@H]1c1ccccc1)c1cc(Cl)ccc1O. The summed E-state index contributed by atoms with van der Waals surface area (Å²) in [5.74, 6) is 0.191. The third kappa shape index (κ3) is 5.15. The van der Waals surface area contributed by atoms with Gasteiger partial charge < -0.3 is 15.2 Å². The maximum absolute atomic E-state index is 12.8. The van der Waals surface area contributed by atoms with Crippen LogP contribution < -0.4 is 10.1 Å². The summed E-state index contributed by atoms with van der Waals surface area (Å²) in [5.41, 5.74) is 1.79. The van der Waals surface area contributed by atoms with Crippen LogP contribution in [0.25, 0.3) is 0 Å². The Morgan fingerprint density at radius 3 is 2.45 bits per heavy atom. The Kier molecular flexibility index (Phi) is 6.69. The number of halogens is 2. The van der Waals surface area contributed by atoms with Crippen molar-refractivity contribution in [3.8, 4) is 11.5 Å². The molecule has 0 aliphatic heterocycles. The number of nitrogens with one attached hydrogen (secondary N) is 1. The van der Waals surface area contributed by atoms with E-state index in [1.165, 1.54) is 23.8 Å². The molecule has 0 spiro atoms. The molecule has 1 aliphatic carbocycles. The zero-order chi connectivity index (χ0) is 21.8. The average Bonchev–Trinajstić information content (AvgIpc) is 2.78. The van der Waals surface area contributed by atoms with Gasteiger partial charge in [-0.1, -0.05) is 60.0 Å². The summed E-state index contributed by atoms with van der Waals surface area (Å²) in [4.78, 5) is 12.8. The fourth-order valence-corrected chi connectivity index (χ4v) is 4.41.